The van der Waals surface area contributed by atoms with Gasteiger partial charge in [0.2, 0.25) is 0 Å². The Labute approximate surface area is 118 Å². The van der Waals surface area contributed by atoms with Crippen LogP contribution in [0.2, 0.25) is 5.22 Å². The van der Waals surface area contributed by atoms with Gasteiger partial charge in [-0.05, 0) is 43.6 Å². The topological polar surface area (TPSA) is 43.0 Å². The van der Waals surface area contributed by atoms with E-state index in [1.165, 1.54) is 5.69 Å². The Balaban J connectivity index is 2.19. The lowest BCUT2D eigenvalue weighted by molar-refractivity contribution is 0.500. The second-order valence-electron chi connectivity index (χ2n) is 4.76. The van der Waals surface area contributed by atoms with E-state index in [0.29, 0.717) is 5.22 Å². The molecule has 0 aliphatic heterocycles. The van der Waals surface area contributed by atoms with Crippen molar-refractivity contribution in [2.45, 2.75) is 32.7 Å². The zero-order valence-electron chi connectivity index (χ0n) is 11.6. The largest absolute Gasteiger partial charge is 0.453 e. The van der Waals surface area contributed by atoms with Gasteiger partial charge in [-0.1, -0.05) is 6.92 Å². The Hall–Kier alpha value is -1.26. The zero-order valence-corrected chi connectivity index (χ0v) is 12.4. The molecule has 0 spiro atoms. The molecular formula is C14H20ClN3O. The van der Waals surface area contributed by atoms with Gasteiger partial charge in [0.05, 0.1) is 12.0 Å². The van der Waals surface area contributed by atoms with Gasteiger partial charge in [-0.2, -0.15) is 5.10 Å². The lowest BCUT2D eigenvalue weighted by Crippen LogP contribution is -2.24. The minimum atomic E-state index is 0.154. The van der Waals surface area contributed by atoms with Crippen LogP contribution in [0.4, 0.5) is 0 Å². The van der Waals surface area contributed by atoms with Crippen molar-refractivity contribution >= 4 is 11.6 Å². The highest BCUT2D eigenvalue weighted by atomic mass is 35.5. The molecule has 5 heteroatoms. The van der Waals surface area contributed by atoms with Crippen molar-refractivity contribution < 1.29 is 4.42 Å². The van der Waals surface area contributed by atoms with E-state index < -0.39 is 0 Å². The highest BCUT2D eigenvalue weighted by Crippen LogP contribution is 2.27. The van der Waals surface area contributed by atoms with Crippen molar-refractivity contribution in [2.24, 2.45) is 7.05 Å². The SMILES string of the molecule is CCCNC(Cc1cc(C)nn1C)c1ccoc1Cl. The third-order valence-corrected chi connectivity index (χ3v) is 3.48. The Morgan fingerprint density at radius 2 is 2.32 bits per heavy atom. The molecule has 1 unspecified atom stereocenters. The highest BCUT2D eigenvalue weighted by molar-refractivity contribution is 6.29. The molecule has 0 fully saturated rings. The van der Waals surface area contributed by atoms with Gasteiger partial charge in [-0.25, -0.2) is 0 Å². The van der Waals surface area contributed by atoms with Crippen LogP contribution in [0.25, 0.3) is 0 Å². The Morgan fingerprint density at radius 1 is 1.53 bits per heavy atom. The molecule has 4 nitrogen and oxygen atoms in total. The minimum absolute atomic E-state index is 0.154. The van der Waals surface area contributed by atoms with Gasteiger partial charge in [0.15, 0.2) is 5.22 Å². The molecule has 0 bridgehead atoms. The van der Waals surface area contributed by atoms with E-state index in [2.05, 4.69) is 23.4 Å². The predicted molar refractivity (Wildman–Crippen MR) is 76.4 cm³/mol. The second kappa shape index (κ2) is 6.26. The third-order valence-electron chi connectivity index (χ3n) is 3.17. The van der Waals surface area contributed by atoms with Gasteiger partial charge < -0.3 is 9.73 Å². The Kier molecular flexibility index (Phi) is 4.66. The fourth-order valence-electron chi connectivity index (χ4n) is 2.23. The summed E-state index contributed by atoms with van der Waals surface area (Å²) in [6.45, 7) is 5.10. The lowest BCUT2D eigenvalue weighted by atomic mass is 10.0. The highest BCUT2D eigenvalue weighted by Gasteiger charge is 2.18. The normalized spacial score (nSPS) is 12.8. The molecule has 19 heavy (non-hydrogen) atoms. The summed E-state index contributed by atoms with van der Waals surface area (Å²) in [5, 5.41) is 8.36. The number of halogens is 1. The van der Waals surface area contributed by atoms with Gasteiger partial charge in [0.25, 0.3) is 0 Å². The average Bonchev–Trinajstić information content (AvgIpc) is 2.91. The third kappa shape index (κ3) is 3.39. The Bertz CT molecular complexity index is 533. The summed E-state index contributed by atoms with van der Waals surface area (Å²) < 4.78 is 7.12. The smallest absolute Gasteiger partial charge is 0.197 e. The molecule has 0 aliphatic carbocycles. The number of aromatic nitrogens is 2. The molecule has 0 radical (unpaired) electrons. The van der Waals surface area contributed by atoms with Gasteiger partial charge in [0.1, 0.15) is 0 Å². The van der Waals surface area contributed by atoms with Gasteiger partial charge in [-0.15, -0.1) is 0 Å². The van der Waals surface area contributed by atoms with Crippen molar-refractivity contribution in [1.82, 2.24) is 15.1 Å². The number of hydrogen-bond acceptors (Lipinski definition) is 3. The molecule has 2 rings (SSSR count). The number of nitrogens with zero attached hydrogens (tertiary/aromatic N) is 2. The second-order valence-corrected chi connectivity index (χ2v) is 5.10. The standard InChI is InChI=1S/C14H20ClN3O/c1-4-6-16-13(12-5-7-19-14(12)15)9-11-8-10(2)17-18(11)3/h5,7-8,13,16H,4,6,9H2,1-3H3. The van der Waals surface area contributed by atoms with Crippen LogP contribution in [0.5, 0.6) is 0 Å². The number of aryl methyl sites for hydroxylation is 2. The number of rotatable bonds is 6. The first-order chi connectivity index (χ1) is 9.11. The fourth-order valence-corrected chi connectivity index (χ4v) is 2.47. The van der Waals surface area contributed by atoms with Gasteiger partial charge in [0, 0.05) is 30.8 Å². The predicted octanol–water partition coefficient (Wildman–Crippen LogP) is 3.26. The van der Waals surface area contributed by atoms with Crippen molar-refractivity contribution in [2.75, 3.05) is 6.54 Å². The van der Waals surface area contributed by atoms with Crippen molar-refractivity contribution in [1.29, 1.82) is 0 Å². The average molecular weight is 282 g/mol. The van der Waals surface area contributed by atoms with E-state index in [4.69, 9.17) is 16.0 Å². The maximum Gasteiger partial charge on any atom is 0.197 e. The van der Waals surface area contributed by atoms with Crippen molar-refractivity contribution in [3.8, 4) is 0 Å². The minimum Gasteiger partial charge on any atom is -0.453 e. The van der Waals surface area contributed by atoms with Crippen LogP contribution in [-0.2, 0) is 13.5 Å². The molecule has 2 aromatic rings. The summed E-state index contributed by atoms with van der Waals surface area (Å²) in [5.74, 6) is 0. The first-order valence-electron chi connectivity index (χ1n) is 6.57. The monoisotopic (exact) mass is 281 g/mol. The van der Waals surface area contributed by atoms with E-state index in [-0.39, 0.29) is 6.04 Å². The van der Waals surface area contributed by atoms with E-state index >= 15 is 0 Å². The van der Waals surface area contributed by atoms with Crippen LogP contribution in [0, 0.1) is 6.92 Å². The molecule has 0 saturated heterocycles. The van der Waals surface area contributed by atoms with Crippen LogP contribution < -0.4 is 5.32 Å². The van der Waals surface area contributed by atoms with E-state index in [0.717, 1.165) is 30.6 Å². The summed E-state index contributed by atoms with van der Waals surface area (Å²) in [5.41, 5.74) is 3.22. The summed E-state index contributed by atoms with van der Waals surface area (Å²) >= 11 is 6.10. The van der Waals surface area contributed by atoms with Crippen molar-refractivity contribution in [3.63, 3.8) is 0 Å². The van der Waals surface area contributed by atoms with Crippen molar-refractivity contribution in [3.05, 3.63) is 40.6 Å². The molecule has 0 aromatic carbocycles. The maximum absolute atomic E-state index is 6.10. The zero-order chi connectivity index (χ0) is 13.8. The summed E-state index contributed by atoms with van der Waals surface area (Å²) in [4.78, 5) is 0. The molecule has 1 atom stereocenters. The lowest BCUT2D eigenvalue weighted by Gasteiger charge is -2.17. The Morgan fingerprint density at radius 3 is 2.84 bits per heavy atom. The van der Waals surface area contributed by atoms with Crippen LogP contribution in [-0.4, -0.2) is 16.3 Å². The quantitative estimate of drug-likeness (QED) is 0.884. The number of nitrogens with one attached hydrogen (secondary N) is 1. The van der Waals surface area contributed by atoms with Crippen LogP contribution >= 0.6 is 11.6 Å². The van der Waals surface area contributed by atoms with Crippen LogP contribution in [0.3, 0.4) is 0 Å². The van der Waals surface area contributed by atoms with Gasteiger partial charge in [-0.3, -0.25) is 4.68 Å². The molecule has 104 valence electrons. The molecular weight excluding hydrogens is 262 g/mol. The first-order valence-corrected chi connectivity index (χ1v) is 6.95. The summed E-state index contributed by atoms with van der Waals surface area (Å²) in [6.07, 6.45) is 3.56. The summed E-state index contributed by atoms with van der Waals surface area (Å²) in [6, 6.07) is 4.19. The number of furan rings is 1. The molecule has 2 aromatic heterocycles. The molecule has 0 aliphatic rings. The molecule has 2 heterocycles. The first kappa shape index (κ1) is 14.2. The van der Waals surface area contributed by atoms with Crippen LogP contribution in [0.1, 0.15) is 36.3 Å². The fraction of sp³-hybridized carbons (Fsp3) is 0.500. The number of hydrogen-bond donors (Lipinski definition) is 1. The molecule has 0 amide bonds. The molecule has 0 saturated carbocycles. The molecule has 1 N–H and O–H groups in total. The summed E-state index contributed by atoms with van der Waals surface area (Å²) in [7, 11) is 1.97. The van der Waals surface area contributed by atoms with E-state index in [1.807, 2.05) is 24.7 Å². The maximum atomic E-state index is 6.10. The van der Waals surface area contributed by atoms with Gasteiger partial charge >= 0.3 is 0 Å². The van der Waals surface area contributed by atoms with E-state index in [9.17, 15) is 0 Å². The van der Waals surface area contributed by atoms with E-state index in [1.54, 1.807) is 6.26 Å². The van der Waals surface area contributed by atoms with Crippen LogP contribution in [0.15, 0.2) is 22.8 Å².